The van der Waals surface area contributed by atoms with Gasteiger partial charge in [0.2, 0.25) is 0 Å². The van der Waals surface area contributed by atoms with Gasteiger partial charge in [-0.2, -0.15) is 0 Å². The highest BCUT2D eigenvalue weighted by Crippen LogP contribution is 2.13. The molecule has 0 heterocycles. The van der Waals surface area contributed by atoms with Crippen LogP contribution in [0.25, 0.3) is 0 Å². The minimum Gasteiger partial charge on any atom is -0.481 e. The average molecular weight is 225 g/mol. The molecule has 2 atom stereocenters. The van der Waals surface area contributed by atoms with Crippen LogP contribution in [0.3, 0.4) is 0 Å². The summed E-state index contributed by atoms with van der Waals surface area (Å²) in [7, 11) is 0. The van der Waals surface area contributed by atoms with Crippen LogP contribution < -0.4 is 5.32 Å². The fraction of sp³-hybridized carbons (Fsp3) is 0.417. The van der Waals surface area contributed by atoms with E-state index in [-0.39, 0.29) is 24.3 Å². The van der Waals surface area contributed by atoms with Crippen LogP contribution in [0.15, 0.2) is 24.3 Å². The molecule has 1 aromatic carbocycles. The lowest BCUT2D eigenvalue weighted by atomic mass is 10.1. The first-order valence-corrected chi connectivity index (χ1v) is 5.22. The van der Waals surface area contributed by atoms with E-state index < -0.39 is 5.97 Å². The van der Waals surface area contributed by atoms with Crippen LogP contribution in [0.2, 0.25) is 0 Å². The Morgan fingerprint density at radius 2 is 1.94 bits per heavy atom. The highest BCUT2D eigenvalue weighted by atomic mass is 19.1. The molecular formula is C12H16FNO2. The molecule has 0 saturated heterocycles. The summed E-state index contributed by atoms with van der Waals surface area (Å²) in [6, 6.07) is 6.08. The first-order valence-electron chi connectivity index (χ1n) is 5.22. The molecule has 0 aliphatic carbocycles. The van der Waals surface area contributed by atoms with Crippen molar-refractivity contribution in [3.8, 4) is 0 Å². The van der Waals surface area contributed by atoms with Crippen molar-refractivity contribution in [1.29, 1.82) is 0 Å². The molecule has 16 heavy (non-hydrogen) atoms. The predicted octanol–water partition coefficient (Wildman–Crippen LogP) is 2.34. The van der Waals surface area contributed by atoms with E-state index in [1.165, 1.54) is 12.1 Å². The van der Waals surface area contributed by atoms with Gasteiger partial charge in [0.1, 0.15) is 5.82 Å². The van der Waals surface area contributed by atoms with E-state index in [1.807, 2.05) is 13.8 Å². The smallest absolute Gasteiger partial charge is 0.304 e. The lowest BCUT2D eigenvalue weighted by molar-refractivity contribution is -0.137. The second-order valence-corrected chi connectivity index (χ2v) is 3.94. The van der Waals surface area contributed by atoms with Gasteiger partial charge in [0.15, 0.2) is 0 Å². The van der Waals surface area contributed by atoms with E-state index in [1.54, 1.807) is 12.1 Å². The lowest BCUT2D eigenvalue weighted by Crippen LogP contribution is -2.30. The molecule has 1 unspecified atom stereocenters. The van der Waals surface area contributed by atoms with E-state index in [0.717, 1.165) is 5.56 Å². The maximum atomic E-state index is 12.7. The molecule has 0 fully saturated rings. The van der Waals surface area contributed by atoms with Crippen molar-refractivity contribution in [3.05, 3.63) is 35.6 Å². The number of carboxylic acids is 1. The molecule has 4 heteroatoms. The monoisotopic (exact) mass is 225 g/mol. The number of aliphatic carboxylic acids is 1. The van der Waals surface area contributed by atoms with Gasteiger partial charge in [-0.3, -0.25) is 4.79 Å². The minimum atomic E-state index is -0.827. The fourth-order valence-electron chi connectivity index (χ4n) is 1.60. The van der Waals surface area contributed by atoms with Crippen LogP contribution >= 0.6 is 0 Å². The summed E-state index contributed by atoms with van der Waals surface area (Å²) in [5.41, 5.74) is 0.943. The van der Waals surface area contributed by atoms with Crippen molar-refractivity contribution >= 4 is 5.97 Å². The molecule has 2 N–H and O–H groups in total. The largest absolute Gasteiger partial charge is 0.481 e. The second-order valence-electron chi connectivity index (χ2n) is 3.94. The predicted molar refractivity (Wildman–Crippen MR) is 59.7 cm³/mol. The molecule has 88 valence electrons. The third-order valence-electron chi connectivity index (χ3n) is 2.39. The summed E-state index contributed by atoms with van der Waals surface area (Å²) in [6.45, 7) is 3.74. The van der Waals surface area contributed by atoms with Gasteiger partial charge < -0.3 is 10.4 Å². The van der Waals surface area contributed by atoms with E-state index >= 15 is 0 Å². The molecule has 0 aliphatic rings. The maximum absolute atomic E-state index is 12.7. The zero-order chi connectivity index (χ0) is 12.1. The lowest BCUT2D eigenvalue weighted by Gasteiger charge is -2.19. The molecule has 0 spiro atoms. The van der Waals surface area contributed by atoms with E-state index in [0.29, 0.717) is 0 Å². The third kappa shape index (κ3) is 3.98. The van der Waals surface area contributed by atoms with E-state index in [4.69, 9.17) is 5.11 Å². The molecular weight excluding hydrogens is 209 g/mol. The Kier molecular flexibility index (Phi) is 4.43. The minimum absolute atomic E-state index is 0.00921. The SMILES string of the molecule is CC(CC(=O)O)N[C@H](C)c1ccc(F)cc1. The average Bonchev–Trinajstić information content (AvgIpc) is 2.16. The first kappa shape index (κ1) is 12.6. The number of hydrogen-bond acceptors (Lipinski definition) is 2. The zero-order valence-electron chi connectivity index (χ0n) is 9.40. The molecule has 0 amide bonds. The van der Waals surface area contributed by atoms with Gasteiger partial charge >= 0.3 is 5.97 Å². The van der Waals surface area contributed by atoms with Crippen LogP contribution in [-0.4, -0.2) is 17.1 Å². The third-order valence-corrected chi connectivity index (χ3v) is 2.39. The topological polar surface area (TPSA) is 49.3 Å². The van der Waals surface area contributed by atoms with Crippen LogP contribution in [0.4, 0.5) is 4.39 Å². The number of carboxylic acid groups (broad SMARTS) is 1. The van der Waals surface area contributed by atoms with Gasteiger partial charge in [0, 0.05) is 12.1 Å². The van der Waals surface area contributed by atoms with Gasteiger partial charge in [-0.05, 0) is 31.5 Å². The van der Waals surface area contributed by atoms with Gasteiger partial charge in [0.05, 0.1) is 6.42 Å². The van der Waals surface area contributed by atoms with Crippen molar-refractivity contribution in [2.75, 3.05) is 0 Å². The summed E-state index contributed by atoms with van der Waals surface area (Å²) in [6.07, 6.45) is 0.0749. The fourth-order valence-corrected chi connectivity index (χ4v) is 1.60. The normalized spacial score (nSPS) is 14.4. The van der Waals surface area contributed by atoms with Crippen LogP contribution in [0.5, 0.6) is 0 Å². The maximum Gasteiger partial charge on any atom is 0.304 e. The highest BCUT2D eigenvalue weighted by Gasteiger charge is 2.11. The number of benzene rings is 1. The molecule has 0 bridgehead atoms. The molecule has 0 saturated carbocycles. The van der Waals surface area contributed by atoms with Crippen molar-refractivity contribution in [3.63, 3.8) is 0 Å². The molecule has 1 aromatic rings. The summed E-state index contributed by atoms with van der Waals surface area (Å²) in [5.74, 6) is -1.10. The van der Waals surface area contributed by atoms with Crippen LogP contribution in [0.1, 0.15) is 31.9 Å². The molecule has 3 nitrogen and oxygen atoms in total. The summed E-state index contributed by atoms with van der Waals surface area (Å²) < 4.78 is 12.7. The van der Waals surface area contributed by atoms with Crippen molar-refractivity contribution in [1.82, 2.24) is 5.32 Å². The molecule has 0 aromatic heterocycles. The Morgan fingerprint density at radius 3 is 2.44 bits per heavy atom. The Hall–Kier alpha value is -1.42. The number of halogens is 1. The summed E-state index contributed by atoms with van der Waals surface area (Å²) in [5, 5.41) is 11.8. The van der Waals surface area contributed by atoms with E-state index in [2.05, 4.69) is 5.32 Å². The number of carbonyl (C=O) groups is 1. The van der Waals surface area contributed by atoms with Gasteiger partial charge in [0.25, 0.3) is 0 Å². The molecule has 0 aliphatic heterocycles. The van der Waals surface area contributed by atoms with E-state index in [9.17, 15) is 9.18 Å². The van der Waals surface area contributed by atoms with Gasteiger partial charge in [-0.15, -0.1) is 0 Å². The van der Waals surface area contributed by atoms with Crippen molar-refractivity contribution in [2.24, 2.45) is 0 Å². The van der Waals surface area contributed by atoms with Gasteiger partial charge in [-0.25, -0.2) is 4.39 Å². The molecule has 0 radical (unpaired) electrons. The standard InChI is InChI=1S/C12H16FNO2/c1-8(7-12(15)16)14-9(2)10-3-5-11(13)6-4-10/h3-6,8-9,14H,7H2,1-2H3,(H,15,16)/t8?,9-/m1/s1. The van der Waals surface area contributed by atoms with Crippen molar-refractivity contribution in [2.45, 2.75) is 32.4 Å². The Morgan fingerprint density at radius 1 is 1.38 bits per heavy atom. The zero-order valence-corrected chi connectivity index (χ0v) is 9.40. The number of rotatable bonds is 5. The number of hydrogen-bond donors (Lipinski definition) is 2. The number of nitrogens with one attached hydrogen (secondary N) is 1. The quantitative estimate of drug-likeness (QED) is 0.808. The Bertz CT molecular complexity index is 351. The first-order chi connectivity index (χ1) is 7.49. The second kappa shape index (κ2) is 5.61. The summed E-state index contributed by atoms with van der Waals surface area (Å²) >= 11 is 0. The molecule has 1 rings (SSSR count). The Labute approximate surface area is 94.3 Å². The van der Waals surface area contributed by atoms with Crippen LogP contribution in [-0.2, 0) is 4.79 Å². The van der Waals surface area contributed by atoms with Crippen LogP contribution in [0, 0.1) is 5.82 Å². The Balaban J connectivity index is 2.54. The summed E-state index contributed by atoms with van der Waals surface area (Å²) in [4.78, 5) is 10.5. The highest BCUT2D eigenvalue weighted by molar-refractivity contribution is 5.67. The van der Waals surface area contributed by atoms with Crippen molar-refractivity contribution < 1.29 is 14.3 Å². The van der Waals surface area contributed by atoms with Gasteiger partial charge in [-0.1, -0.05) is 12.1 Å².